The molecule has 0 aliphatic rings. The van der Waals surface area contributed by atoms with E-state index in [4.69, 9.17) is 4.55 Å². The summed E-state index contributed by atoms with van der Waals surface area (Å²) in [6.07, 6.45) is 2.12. The van der Waals surface area contributed by atoms with Crippen LogP contribution in [-0.4, -0.2) is 15.3 Å². The molecule has 3 N–H and O–H groups in total. The van der Waals surface area contributed by atoms with Gasteiger partial charge in [-0.25, -0.2) is 4.21 Å². The van der Waals surface area contributed by atoms with E-state index in [1.165, 1.54) is 11.1 Å². The molecule has 0 spiro atoms. The van der Waals surface area contributed by atoms with Crippen LogP contribution in [0.3, 0.4) is 0 Å². The van der Waals surface area contributed by atoms with Crippen molar-refractivity contribution in [2.24, 2.45) is 0 Å². The Bertz CT molecular complexity index is 642. The van der Waals surface area contributed by atoms with Gasteiger partial charge in [-0.05, 0) is 54.2 Å². The number of hydrogen-bond donors (Lipinski definition) is 3. The molecule has 0 saturated heterocycles. The molecule has 0 aromatic heterocycles. The largest absolute Gasteiger partial charge is 0.385 e. The molecule has 2 aromatic rings. The molecule has 5 heteroatoms. The van der Waals surface area contributed by atoms with Crippen molar-refractivity contribution >= 4 is 22.6 Å². The van der Waals surface area contributed by atoms with Gasteiger partial charge in [-0.3, -0.25) is 9.27 Å². The van der Waals surface area contributed by atoms with Crippen LogP contribution in [0.25, 0.3) is 0 Å². The number of aryl methyl sites for hydroxylation is 1. The summed E-state index contributed by atoms with van der Waals surface area (Å²) < 4.78 is 21.9. The first-order valence-electron chi connectivity index (χ1n) is 7.85. The van der Waals surface area contributed by atoms with Crippen molar-refractivity contribution in [3.63, 3.8) is 0 Å². The van der Waals surface area contributed by atoms with Gasteiger partial charge < -0.3 is 5.32 Å². The van der Waals surface area contributed by atoms with E-state index in [0.29, 0.717) is 11.6 Å². The summed E-state index contributed by atoms with van der Waals surface area (Å²) >= 11 is -2.03. The Hall–Kier alpha value is -1.85. The Morgan fingerprint density at radius 2 is 1.70 bits per heavy atom. The normalized spacial score (nSPS) is 12.2. The van der Waals surface area contributed by atoms with Crippen molar-refractivity contribution in [3.05, 3.63) is 59.7 Å². The molecule has 0 fully saturated rings. The monoisotopic (exact) mass is 332 g/mol. The Kier molecular flexibility index (Phi) is 6.62. The van der Waals surface area contributed by atoms with Gasteiger partial charge in [-0.1, -0.05) is 38.1 Å². The third-order valence-electron chi connectivity index (χ3n) is 3.72. The van der Waals surface area contributed by atoms with Crippen molar-refractivity contribution in [3.8, 4) is 0 Å². The second-order valence-corrected chi connectivity index (χ2v) is 6.51. The third-order valence-corrected chi connectivity index (χ3v) is 4.13. The lowest BCUT2D eigenvalue weighted by molar-refractivity contribution is 0.570. The molecule has 2 aromatic carbocycles. The Morgan fingerprint density at radius 3 is 2.35 bits per heavy atom. The van der Waals surface area contributed by atoms with Crippen LogP contribution in [0.2, 0.25) is 0 Å². The third kappa shape index (κ3) is 5.69. The zero-order chi connectivity index (χ0) is 16.7. The highest BCUT2D eigenvalue weighted by molar-refractivity contribution is 7.80. The summed E-state index contributed by atoms with van der Waals surface area (Å²) in [7, 11) is 0. The van der Waals surface area contributed by atoms with Crippen molar-refractivity contribution < 1.29 is 8.76 Å². The molecule has 124 valence electrons. The summed E-state index contributed by atoms with van der Waals surface area (Å²) in [4.78, 5) is 0. The van der Waals surface area contributed by atoms with E-state index in [1.807, 2.05) is 12.1 Å². The fourth-order valence-electron chi connectivity index (χ4n) is 2.59. The fraction of sp³-hybridized carbons (Fsp3) is 0.333. The quantitative estimate of drug-likeness (QED) is 0.496. The van der Waals surface area contributed by atoms with Crippen molar-refractivity contribution in [2.75, 3.05) is 16.6 Å². The van der Waals surface area contributed by atoms with Crippen LogP contribution in [-0.2, 0) is 17.7 Å². The number of nitrogens with one attached hydrogen (secondary N) is 2. The zero-order valence-corrected chi connectivity index (χ0v) is 14.4. The smallest absolute Gasteiger partial charge is 0.259 e. The summed E-state index contributed by atoms with van der Waals surface area (Å²) in [5.74, 6) is 0.552. The van der Waals surface area contributed by atoms with Gasteiger partial charge in [-0.2, -0.15) is 0 Å². The standard InChI is InChI=1S/C18H24N2O2S/c1-14(2)18-8-4-3-6-15(18)7-5-13-19-16-9-11-17(12-10-16)20-23(21)22/h3-4,6,8-12,14,19-20H,5,7,13H2,1-2H3,(H,21,22). The minimum absolute atomic E-state index is 0.552. The first-order chi connectivity index (χ1) is 11.1. The molecular formula is C18H24N2O2S. The van der Waals surface area contributed by atoms with Gasteiger partial charge in [0, 0.05) is 17.9 Å². The maximum Gasteiger partial charge on any atom is 0.259 e. The molecule has 0 radical (unpaired) electrons. The predicted molar refractivity (Wildman–Crippen MR) is 98.2 cm³/mol. The van der Waals surface area contributed by atoms with Gasteiger partial charge in [0.25, 0.3) is 11.3 Å². The van der Waals surface area contributed by atoms with Gasteiger partial charge in [-0.15, -0.1) is 0 Å². The second kappa shape index (κ2) is 8.70. The highest BCUT2D eigenvalue weighted by atomic mass is 32.2. The molecule has 2 rings (SSSR count). The van der Waals surface area contributed by atoms with Crippen molar-refractivity contribution in [2.45, 2.75) is 32.6 Å². The molecule has 1 unspecified atom stereocenters. The molecular weight excluding hydrogens is 308 g/mol. The first-order valence-corrected chi connectivity index (χ1v) is 8.96. The number of anilines is 2. The molecule has 0 bridgehead atoms. The van der Waals surface area contributed by atoms with Gasteiger partial charge in [0.2, 0.25) is 0 Å². The summed E-state index contributed by atoms with van der Waals surface area (Å²) in [6, 6.07) is 16.0. The Balaban J connectivity index is 1.80. The van der Waals surface area contributed by atoms with Crippen LogP contribution in [0.15, 0.2) is 48.5 Å². The van der Waals surface area contributed by atoms with Crippen LogP contribution in [0, 0.1) is 0 Å². The van der Waals surface area contributed by atoms with Crippen LogP contribution in [0.5, 0.6) is 0 Å². The molecule has 0 amide bonds. The molecule has 0 aliphatic carbocycles. The lowest BCUT2D eigenvalue weighted by Crippen LogP contribution is -2.05. The van der Waals surface area contributed by atoms with E-state index in [1.54, 1.807) is 12.1 Å². The number of benzene rings is 2. The van der Waals surface area contributed by atoms with Gasteiger partial charge in [0.1, 0.15) is 0 Å². The molecule has 0 aliphatic heterocycles. The van der Waals surface area contributed by atoms with Crippen LogP contribution in [0.4, 0.5) is 11.4 Å². The van der Waals surface area contributed by atoms with Crippen LogP contribution < -0.4 is 10.0 Å². The van der Waals surface area contributed by atoms with Crippen molar-refractivity contribution in [1.82, 2.24) is 0 Å². The number of hydrogen-bond acceptors (Lipinski definition) is 2. The highest BCUT2D eigenvalue weighted by Gasteiger charge is 2.05. The van der Waals surface area contributed by atoms with E-state index >= 15 is 0 Å². The second-order valence-electron chi connectivity index (χ2n) is 5.81. The zero-order valence-electron chi connectivity index (χ0n) is 13.6. The maximum absolute atomic E-state index is 10.7. The lowest BCUT2D eigenvalue weighted by Gasteiger charge is -2.13. The molecule has 0 saturated carbocycles. The van der Waals surface area contributed by atoms with Crippen LogP contribution in [0.1, 0.15) is 37.3 Å². The molecule has 1 atom stereocenters. The SMILES string of the molecule is CC(C)c1ccccc1CCCNc1ccc(NS(=O)O)cc1. The minimum Gasteiger partial charge on any atom is -0.385 e. The average Bonchev–Trinajstić information content (AvgIpc) is 2.53. The molecule has 0 heterocycles. The summed E-state index contributed by atoms with van der Waals surface area (Å²) in [5.41, 5.74) is 4.49. The topological polar surface area (TPSA) is 61.4 Å². The summed E-state index contributed by atoms with van der Waals surface area (Å²) in [6.45, 7) is 5.35. The predicted octanol–water partition coefficient (Wildman–Crippen LogP) is 4.40. The van der Waals surface area contributed by atoms with E-state index in [9.17, 15) is 4.21 Å². The van der Waals surface area contributed by atoms with Gasteiger partial charge in [0.05, 0.1) is 0 Å². The Labute approximate surface area is 140 Å². The van der Waals surface area contributed by atoms with E-state index in [-0.39, 0.29) is 0 Å². The summed E-state index contributed by atoms with van der Waals surface area (Å²) in [5, 5.41) is 3.38. The minimum atomic E-state index is -2.03. The lowest BCUT2D eigenvalue weighted by atomic mass is 9.94. The first kappa shape index (κ1) is 17.5. The fourth-order valence-corrected chi connectivity index (χ4v) is 2.93. The van der Waals surface area contributed by atoms with Gasteiger partial charge >= 0.3 is 0 Å². The average molecular weight is 332 g/mol. The molecule has 4 nitrogen and oxygen atoms in total. The van der Waals surface area contributed by atoms with Gasteiger partial charge in [0.15, 0.2) is 0 Å². The maximum atomic E-state index is 10.7. The Morgan fingerprint density at radius 1 is 1.04 bits per heavy atom. The van der Waals surface area contributed by atoms with E-state index < -0.39 is 11.3 Å². The van der Waals surface area contributed by atoms with E-state index in [0.717, 1.165) is 25.1 Å². The van der Waals surface area contributed by atoms with E-state index in [2.05, 4.69) is 48.2 Å². The number of rotatable bonds is 8. The molecule has 23 heavy (non-hydrogen) atoms. The highest BCUT2D eigenvalue weighted by Crippen LogP contribution is 2.20. The van der Waals surface area contributed by atoms with Crippen molar-refractivity contribution in [1.29, 1.82) is 0 Å². The van der Waals surface area contributed by atoms with Crippen LogP contribution >= 0.6 is 0 Å².